The second-order valence-electron chi connectivity index (χ2n) is 4.83. The van der Waals surface area contributed by atoms with E-state index < -0.39 is 0 Å². The van der Waals surface area contributed by atoms with E-state index in [0.29, 0.717) is 29.2 Å². The molecule has 2 heterocycles. The van der Waals surface area contributed by atoms with Gasteiger partial charge in [-0.1, -0.05) is 23.7 Å². The minimum absolute atomic E-state index is 0.443. The molecule has 1 aromatic heterocycles. The Bertz CT molecular complexity index is 568. The maximum Gasteiger partial charge on any atom is 0.160 e. The van der Waals surface area contributed by atoms with E-state index in [9.17, 15) is 0 Å². The fourth-order valence-corrected chi connectivity index (χ4v) is 2.49. The number of nitrogens with zero attached hydrogens (tertiary/aromatic N) is 2. The highest BCUT2D eigenvalue weighted by Gasteiger charge is 2.14. The molecule has 2 aromatic rings. The molecule has 1 aliphatic heterocycles. The van der Waals surface area contributed by atoms with Crippen molar-refractivity contribution >= 4 is 11.6 Å². The molecule has 0 bridgehead atoms. The van der Waals surface area contributed by atoms with Crippen LogP contribution in [0.15, 0.2) is 36.7 Å². The van der Waals surface area contributed by atoms with Crippen molar-refractivity contribution in [2.45, 2.75) is 18.9 Å². The second kappa shape index (κ2) is 6.20. The number of hydrogen-bond acceptors (Lipinski definition) is 4. The SMILES string of the molecule is Clc1ccccc1-c1ncc(OCC2CCCN2)cn1. The smallest absolute Gasteiger partial charge is 0.160 e. The van der Waals surface area contributed by atoms with Crippen molar-refractivity contribution in [3.8, 4) is 17.1 Å². The maximum absolute atomic E-state index is 6.13. The van der Waals surface area contributed by atoms with Crippen LogP contribution in [-0.4, -0.2) is 29.2 Å². The molecule has 1 saturated heterocycles. The molecule has 1 atom stereocenters. The van der Waals surface area contributed by atoms with E-state index in [1.807, 2.05) is 24.3 Å². The zero-order valence-corrected chi connectivity index (χ0v) is 11.8. The monoisotopic (exact) mass is 289 g/mol. The maximum atomic E-state index is 6.13. The highest BCUT2D eigenvalue weighted by molar-refractivity contribution is 6.33. The van der Waals surface area contributed by atoms with Gasteiger partial charge in [0, 0.05) is 11.6 Å². The Morgan fingerprint density at radius 3 is 2.75 bits per heavy atom. The third-order valence-electron chi connectivity index (χ3n) is 3.36. The third-order valence-corrected chi connectivity index (χ3v) is 3.69. The number of benzene rings is 1. The summed E-state index contributed by atoms with van der Waals surface area (Å²) < 4.78 is 5.69. The predicted octanol–water partition coefficient (Wildman–Crippen LogP) is 2.93. The fraction of sp³-hybridized carbons (Fsp3) is 0.333. The summed E-state index contributed by atoms with van der Waals surface area (Å²) in [7, 11) is 0. The Balaban J connectivity index is 1.66. The van der Waals surface area contributed by atoms with Crippen LogP contribution in [0.25, 0.3) is 11.4 Å². The number of aromatic nitrogens is 2. The number of halogens is 1. The third kappa shape index (κ3) is 3.08. The van der Waals surface area contributed by atoms with Gasteiger partial charge in [0.05, 0.1) is 17.4 Å². The first-order chi connectivity index (χ1) is 9.83. The van der Waals surface area contributed by atoms with Crippen LogP contribution in [-0.2, 0) is 0 Å². The number of ether oxygens (including phenoxy) is 1. The summed E-state index contributed by atoms with van der Waals surface area (Å²) in [5, 5.41) is 4.04. The summed E-state index contributed by atoms with van der Waals surface area (Å²) >= 11 is 6.13. The summed E-state index contributed by atoms with van der Waals surface area (Å²) in [4.78, 5) is 8.63. The van der Waals surface area contributed by atoms with E-state index in [2.05, 4.69) is 15.3 Å². The van der Waals surface area contributed by atoms with Gasteiger partial charge in [-0.3, -0.25) is 0 Å². The second-order valence-corrected chi connectivity index (χ2v) is 5.23. The number of rotatable bonds is 4. The molecule has 1 unspecified atom stereocenters. The van der Waals surface area contributed by atoms with Crippen LogP contribution >= 0.6 is 11.6 Å². The lowest BCUT2D eigenvalue weighted by Gasteiger charge is -2.11. The largest absolute Gasteiger partial charge is 0.489 e. The molecule has 4 nitrogen and oxygen atoms in total. The van der Waals surface area contributed by atoms with Gasteiger partial charge in [0.15, 0.2) is 11.6 Å². The van der Waals surface area contributed by atoms with Gasteiger partial charge in [0.2, 0.25) is 0 Å². The summed E-state index contributed by atoms with van der Waals surface area (Å²) in [5.41, 5.74) is 0.832. The first-order valence-electron chi connectivity index (χ1n) is 6.76. The van der Waals surface area contributed by atoms with Crippen LogP contribution in [0, 0.1) is 0 Å². The molecule has 20 heavy (non-hydrogen) atoms. The van der Waals surface area contributed by atoms with Crippen LogP contribution in [0.2, 0.25) is 5.02 Å². The summed E-state index contributed by atoms with van der Waals surface area (Å²) in [6.45, 7) is 1.74. The quantitative estimate of drug-likeness (QED) is 0.940. The van der Waals surface area contributed by atoms with Gasteiger partial charge in [-0.15, -0.1) is 0 Å². The standard InChI is InChI=1S/C15H16ClN3O/c16-14-6-2-1-5-13(14)15-18-8-12(9-19-15)20-10-11-4-3-7-17-11/h1-2,5-6,8-9,11,17H,3-4,7,10H2. The lowest BCUT2D eigenvalue weighted by atomic mass is 10.2. The van der Waals surface area contributed by atoms with Crippen molar-refractivity contribution in [2.24, 2.45) is 0 Å². The van der Waals surface area contributed by atoms with Crippen molar-refractivity contribution in [1.82, 2.24) is 15.3 Å². The average Bonchev–Trinajstić information content (AvgIpc) is 3.00. The van der Waals surface area contributed by atoms with Gasteiger partial charge in [-0.05, 0) is 31.5 Å². The van der Waals surface area contributed by atoms with Crippen molar-refractivity contribution in [2.75, 3.05) is 13.2 Å². The molecule has 0 saturated carbocycles. The summed E-state index contributed by atoms with van der Waals surface area (Å²) in [5.74, 6) is 1.30. The average molecular weight is 290 g/mol. The van der Waals surface area contributed by atoms with Crippen LogP contribution in [0.5, 0.6) is 5.75 Å². The number of nitrogens with one attached hydrogen (secondary N) is 1. The Morgan fingerprint density at radius 1 is 1.25 bits per heavy atom. The zero-order valence-electron chi connectivity index (χ0n) is 11.1. The summed E-state index contributed by atoms with van der Waals surface area (Å²) in [6.07, 6.45) is 5.77. The fourth-order valence-electron chi connectivity index (χ4n) is 2.27. The van der Waals surface area contributed by atoms with E-state index in [1.54, 1.807) is 12.4 Å². The van der Waals surface area contributed by atoms with Crippen molar-refractivity contribution in [3.63, 3.8) is 0 Å². The first-order valence-corrected chi connectivity index (χ1v) is 7.14. The molecule has 1 N–H and O–H groups in total. The lowest BCUT2D eigenvalue weighted by Crippen LogP contribution is -2.28. The van der Waals surface area contributed by atoms with Crippen molar-refractivity contribution < 1.29 is 4.74 Å². The van der Waals surface area contributed by atoms with Gasteiger partial charge < -0.3 is 10.1 Å². The molecule has 0 radical (unpaired) electrons. The molecular weight excluding hydrogens is 274 g/mol. The topological polar surface area (TPSA) is 47.0 Å². The Hall–Kier alpha value is -1.65. The Kier molecular flexibility index (Phi) is 4.14. The van der Waals surface area contributed by atoms with Gasteiger partial charge in [-0.25, -0.2) is 9.97 Å². The molecule has 3 rings (SSSR count). The molecular formula is C15H16ClN3O. The van der Waals surface area contributed by atoms with Crippen LogP contribution in [0.4, 0.5) is 0 Å². The molecule has 104 valence electrons. The van der Waals surface area contributed by atoms with Gasteiger partial charge >= 0.3 is 0 Å². The Labute approximate surface area is 123 Å². The minimum Gasteiger partial charge on any atom is -0.489 e. The highest BCUT2D eigenvalue weighted by Crippen LogP contribution is 2.24. The molecule has 1 fully saturated rings. The van der Waals surface area contributed by atoms with Crippen LogP contribution in [0.3, 0.4) is 0 Å². The van der Waals surface area contributed by atoms with Crippen LogP contribution < -0.4 is 10.1 Å². The van der Waals surface area contributed by atoms with E-state index in [0.717, 1.165) is 12.1 Å². The van der Waals surface area contributed by atoms with Crippen molar-refractivity contribution in [1.29, 1.82) is 0 Å². The highest BCUT2D eigenvalue weighted by atomic mass is 35.5. The molecule has 0 amide bonds. The van der Waals surface area contributed by atoms with Crippen molar-refractivity contribution in [3.05, 3.63) is 41.7 Å². The van der Waals surface area contributed by atoms with Gasteiger partial charge in [-0.2, -0.15) is 0 Å². The van der Waals surface area contributed by atoms with E-state index in [-0.39, 0.29) is 0 Å². The molecule has 0 aliphatic carbocycles. The zero-order chi connectivity index (χ0) is 13.8. The molecule has 0 spiro atoms. The van der Waals surface area contributed by atoms with E-state index in [4.69, 9.17) is 16.3 Å². The lowest BCUT2D eigenvalue weighted by molar-refractivity contribution is 0.275. The van der Waals surface area contributed by atoms with E-state index >= 15 is 0 Å². The normalized spacial score (nSPS) is 18.1. The number of hydrogen-bond donors (Lipinski definition) is 1. The first kappa shape index (κ1) is 13.3. The summed E-state index contributed by atoms with van der Waals surface area (Å²) in [6, 6.07) is 7.98. The minimum atomic E-state index is 0.443. The molecule has 1 aliphatic rings. The molecule has 1 aromatic carbocycles. The van der Waals surface area contributed by atoms with Crippen LogP contribution in [0.1, 0.15) is 12.8 Å². The Morgan fingerprint density at radius 2 is 2.05 bits per heavy atom. The van der Waals surface area contributed by atoms with Gasteiger partial charge in [0.25, 0.3) is 0 Å². The molecule has 5 heteroatoms. The van der Waals surface area contributed by atoms with Gasteiger partial charge in [0.1, 0.15) is 6.61 Å². The predicted molar refractivity (Wildman–Crippen MR) is 79.0 cm³/mol. The van der Waals surface area contributed by atoms with E-state index in [1.165, 1.54) is 12.8 Å².